The molecule has 26 heavy (non-hydrogen) atoms. The van der Waals surface area contributed by atoms with Crippen LogP contribution < -0.4 is 5.73 Å². The topological polar surface area (TPSA) is 82.0 Å². The van der Waals surface area contributed by atoms with Gasteiger partial charge >= 0.3 is 0 Å². The Kier molecular flexibility index (Phi) is 4.53. The molecular weight excluding hydrogens is 344 g/mol. The molecule has 0 atom stereocenters. The Morgan fingerprint density at radius 3 is 2.62 bits per heavy atom. The molecule has 1 aromatic carbocycles. The summed E-state index contributed by atoms with van der Waals surface area (Å²) >= 11 is 1.55. The summed E-state index contributed by atoms with van der Waals surface area (Å²) in [6.07, 6.45) is 2.53. The zero-order valence-electron chi connectivity index (χ0n) is 14.3. The molecule has 0 amide bonds. The van der Waals surface area contributed by atoms with E-state index in [1.54, 1.807) is 18.0 Å². The molecule has 130 valence electrons. The van der Waals surface area contributed by atoms with Gasteiger partial charge in [0.05, 0.1) is 5.69 Å². The molecule has 0 bridgehead atoms. The minimum atomic E-state index is 0.405. The summed E-state index contributed by atoms with van der Waals surface area (Å²) in [7, 11) is 0. The van der Waals surface area contributed by atoms with Crippen molar-refractivity contribution in [1.29, 1.82) is 0 Å². The molecule has 3 aromatic heterocycles. The largest absolute Gasteiger partial charge is 0.369 e. The molecule has 0 spiro atoms. The van der Waals surface area contributed by atoms with Crippen molar-refractivity contribution in [2.24, 2.45) is 0 Å². The van der Waals surface area contributed by atoms with E-state index in [-0.39, 0.29) is 0 Å². The molecule has 0 unspecified atom stereocenters. The van der Waals surface area contributed by atoms with Gasteiger partial charge in [-0.25, -0.2) is 9.38 Å². The quantitative estimate of drug-likeness (QED) is 0.549. The lowest BCUT2D eigenvalue weighted by Gasteiger charge is -2.10. The standard InChI is InChI=1S/C19H18N6S/c1-13-16(11-14-7-3-2-4-8-14)17-23-24-19(25(17)18(20)22-13)26-12-15-9-5-6-10-21-15/h2-10H,11-12H2,1H3,(H2,20,22). The van der Waals surface area contributed by atoms with E-state index < -0.39 is 0 Å². The van der Waals surface area contributed by atoms with E-state index in [9.17, 15) is 0 Å². The number of hydrogen-bond donors (Lipinski definition) is 1. The lowest BCUT2D eigenvalue weighted by atomic mass is 10.0. The second kappa shape index (κ2) is 7.13. The smallest absolute Gasteiger partial charge is 0.208 e. The van der Waals surface area contributed by atoms with Crippen molar-refractivity contribution in [3.63, 3.8) is 0 Å². The van der Waals surface area contributed by atoms with E-state index >= 15 is 0 Å². The number of anilines is 1. The summed E-state index contributed by atoms with van der Waals surface area (Å²) in [5.41, 5.74) is 11.1. The Hall–Kier alpha value is -2.93. The normalized spacial score (nSPS) is 11.1. The molecule has 7 heteroatoms. The van der Waals surface area contributed by atoms with Crippen LogP contribution in [0.25, 0.3) is 5.65 Å². The summed E-state index contributed by atoms with van der Waals surface area (Å²) in [4.78, 5) is 8.86. The number of nitrogen functional groups attached to an aromatic ring is 1. The van der Waals surface area contributed by atoms with Crippen LogP contribution in [0.4, 0.5) is 5.95 Å². The minimum absolute atomic E-state index is 0.405. The number of rotatable bonds is 5. The van der Waals surface area contributed by atoms with Crippen LogP contribution in [0.5, 0.6) is 0 Å². The predicted molar refractivity (Wildman–Crippen MR) is 103 cm³/mol. The van der Waals surface area contributed by atoms with Gasteiger partial charge in [0.15, 0.2) is 10.8 Å². The number of nitrogens with two attached hydrogens (primary N) is 1. The van der Waals surface area contributed by atoms with Gasteiger partial charge in [0.1, 0.15) is 0 Å². The molecule has 3 heterocycles. The van der Waals surface area contributed by atoms with Crippen molar-refractivity contribution in [2.75, 3.05) is 5.73 Å². The Labute approximate surface area is 155 Å². The SMILES string of the molecule is Cc1nc(N)n2c(SCc3ccccn3)nnc2c1Cc1ccccc1. The van der Waals surface area contributed by atoms with Crippen LogP contribution in [0.1, 0.15) is 22.5 Å². The maximum absolute atomic E-state index is 6.18. The van der Waals surface area contributed by atoms with Crippen LogP contribution in [0.2, 0.25) is 0 Å². The molecular formula is C19H18N6S. The molecule has 2 N–H and O–H groups in total. The fourth-order valence-electron chi connectivity index (χ4n) is 2.85. The zero-order valence-corrected chi connectivity index (χ0v) is 15.1. The highest BCUT2D eigenvalue weighted by Gasteiger charge is 2.17. The van der Waals surface area contributed by atoms with Crippen LogP contribution >= 0.6 is 11.8 Å². The number of hydrogen-bond acceptors (Lipinski definition) is 6. The predicted octanol–water partition coefficient (Wildman–Crippen LogP) is 3.29. The van der Waals surface area contributed by atoms with Gasteiger partial charge in [-0.2, -0.15) is 0 Å². The Bertz CT molecular complexity index is 1030. The first kappa shape index (κ1) is 16.5. The molecule has 4 aromatic rings. The molecule has 0 aliphatic carbocycles. The first-order valence-electron chi connectivity index (χ1n) is 8.29. The van der Waals surface area contributed by atoms with E-state index in [1.807, 2.05) is 47.7 Å². The van der Waals surface area contributed by atoms with Crippen LogP contribution in [0, 0.1) is 6.92 Å². The summed E-state index contributed by atoms with van der Waals surface area (Å²) in [6, 6.07) is 16.1. The van der Waals surface area contributed by atoms with Gasteiger partial charge < -0.3 is 5.73 Å². The average Bonchev–Trinajstić information content (AvgIpc) is 3.09. The second-order valence-corrected chi connectivity index (χ2v) is 6.89. The van der Waals surface area contributed by atoms with Crippen molar-refractivity contribution < 1.29 is 0 Å². The van der Waals surface area contributed by atoms with Crippen molar-refractivity contribution >= 4 is 23.4 Å². The highest BCUT2D eigenvalue weighted by Crippen LogP contribution is 2.26. The van der Waals surface area contributed by atoms with E-state index in [1.165, 1.54) is 5.56 Å². The Morgan fingerprint density at radius 2 is 1.85 bits per heavy atom. The van der Waals surface area contributed by atoms with Crippen molar-refractivity contribution in [1.82, 2.24) is 24.6 Å². The van der Waals surface area contributed by atoms with Crippen LogP contribution in [0.15, 0.2) is 59.9 Å². The fourth-order valence-corrected chi connectivity index (χ4v) is 3.70. The molecule has 0 saturated heterocycles. The van der Waals surface area contributed by atoms with Crippen molar-refractivity contribution in [3.05, 3.63) is 77.2 Å². The van der Waals surface area contributed by atoms with E-state index in [4.69, 9.17) is 5.73 Å². The third kappa shape index (κ3) is 3.25. The third-order valence-corrected chi connectivity index (χ3v) is 5.11. The second-order valence-electron chi connectivity index (χ2n) is 5.95. The molecule has 0 saturated carbocycles. The van der Waals surface area contributed by atoms with Crippen molar-refractivity contribution in [3.8, 4) is 0 Å². The summed E-state index contributed by atoms with van der Waals surface area (Å²) < 4.78 is 1.83. The van der Waals surface area contributed by atoms with Gasteiger partial charge in [0, 0.05) is 29.6 Å². The van der Waals surface area contributed by atoms with Gasteiger partial charge in [-0.3, -0.25) is 4.98 Å². The number of fused-ring (bicyclic) bond motifs is 1. The Morgan fingerprint density at radius 1 is 1.04 bits per heavy atom. The number of benzene rings is 1. The first-order chi connectivity index (χ1) is 12.7. The van der Waals surface area contributed by atoms with Gasteiger partial charge in [0.25, 0.3) is 0 Å². The molecule has 0 fully saturated rings. The summed E-state index contributed by atoms with van der Waals surface area (Å²) in [6.45, 7) is 1.96. The maximum atomic E-state index is 6.18. The fraction of sp³-hybridized carbons (Fsp3) is 0.158. The van der Waals surface area contributed by atoms with Crippen LogP contribution in [-0.4, -0.2) is 24.6 Å². The molecule has 0 radical (unpaired) electrons. The lowest BCUT2D eigenvalue weighted by Crippen LogP contribution is -2.07. The number of aryl methyl sites for hydroxylation is 1. The third-order valence-electron chi connectivity index (χ3n) is 4.15. The summed E-state index contributed by atoms with van der Waals surface area (Å²) in [5, 5.41) is 9.47. The first-order valence-corrected chi connectivity index (χ1v) is 9.27. The van der Waals surface area contributed by atoms with Crippen LogP contribution in [-0.2, 0) is 12.2 Å². The van der Waals surface area contributed by atoms with E-state index in [0.717, 1.165) is 34.2 Å². The number of nitrogens with zero attached hydrogens (tertiary/aromatic N) is 5. The minimum Gasteiger partial charge on any atom is -0.369 e. The van der Waals surface area contributed by atoms with E-state index in [0.29, 0.717) is 11.7 Å². The zero-order chi connectivity index (χ0) is 17.9. The number of aromatic nitrogens is 5. The molecule has 4 rings (SSSR count). The van der Waals surface area contributed by atoms with Gasteiger partial charge in [0.2, 0.25) is 5.95 Å². The van der Waals surface area contributed by atoms with Crippen LogP contribution in [0.3, 0.4) is 0 Å². The van der Waals surface area contributed by atoms with Gasteiger partial charge in [-0.05, 0) is 24.6 Å². The van der Waals surface area contributed by atoms with Gasteiger partial charge in [-0.1, -0.05) is 48.2 Å². The maximum Gasteiger partial charge on any atom is 0.208 e. The van der Waals surface area contributed by atoms with E-state index in [2.05, 4.69) is 32.3 Å². The number of thioether (sulfide) groups is 1. The summed E-state index contributed by atoms with van der Waals surface area (Å²) in [5.74, 6) is 1.10. The van der Waals surface area contributed by atoms with Gasteiger partial charge in [-0.15, -0.1) is 10.2 Å². The highest BCUT2D eigenvalue weighted by atomic mass is 32.2. The number of pyridine rings is 1. The Balaban J connectivity index is 1.69. The average molecular weight is 362 g/mol. The monoisotopic (exact) mass is 362 g/mol. The highest BCUT2D eigenvalue weighted by molar-refractivity contribution is 7.98. The lowest BCUT2D eigenvalue weighted by molar-refractivity contribution is 0.901. The van der Waals surface area contributed by atoms with Crippen molar-refractivity contribution in [2.45, 2.75) is 24.3 Å². The molecule has 0 aliphatic heterocycles. The molecule has 0 aliphatic rings. The molecule has 6 nitrogen and oxygen atoms in total.